The van der Waals surface area contributed by atoms with Gasteiger partial charge in [0.25, 0.3) is 0 Å². The number of nitrogens with zero attached hydrogens (tertiary/aromatic N) is 1. The van der Waals surface area contributed by atoms with Crippen LogP contribution in [0, 0.1) is 0 Å². The average Bonchev–Trinajstić information content (AvgIpc) is 2.87. The molecule has 0 aliphatic heterocycles. The summed E-state index contributed by atoms with van der Waals surface area (Å²) in [4.78, 5) is 28.8. The van der Waals surface area contributed by atoms with Crippen LogP contribution in [0.2, 0.25) is 10.0 Å². The lowest BCUT2D eigenvalue weighted by Crippen LogP contribution is -2.52. The van der Waals surface area contributed by atoms with E-state index in [1.54, 1.807) is 17.0 Å². The SMILES string of the molecule is CC[C@H](C)NC(=O)[C@@H](Cc1ccccc1)N(Cc1ccc(Cl)c(Cl)c1)C(=O)CCc1ccccc1. The minimum Gasteiger partial charge on any atom is -0.352 e. The predicted octanol–water partition coefficient (Wildman–Crippen LogP) is 6.48. The first-order chi connectivity index (χ1) is 16.9. The van der Waals surface area contributed by atoms with Crippen molar-refractivity contribution in [2.45, 2.75) is 58.2 Å². The molecule has 0 aliphatic rings. The molecule has 0 saturated carbocycles. The molecule has 0 heterocycles. The zero-order valence-electron chi connectivity index (χ0n) is 20.2. The van der Waals surface area contributed by atoms with Crippen LogP contribution in [-0.2, 0) is 29.0 Å². The van der Waals surface area contributed by atoms with E-state index in [2.05, 4.69) is 5.32 Å². The number of halogens is 2. The van der Waals surface area contributed by atoms with Gasteiger partial charge in [-0.15, -0.1) is 0 Å². The Balaban J connectivity index is 1.93. The van der Waals surface area contributed by atoms with Crippen LogP contribution in [0.5, 0.6) is 0 Å². The van der Waals surface area contributed by atoms with E-state index in [0.717, 1.165) is 23.1 Å². The van der Waals surface area contributed by atoms with E-state index < -0.39 is 6.04 Å². The summed E-state index contributed by atoms with van der Waals surface area (Å²) in [6, 6.07) is 24.4. The molecule has 3 rings (SSSR count). The number of nitrogens with one attached hydrogen (secondary N) is 1. The molecule has 3 aromatic rings. The predicted molar refractivity (Wildman–Crippen MR) is 144 cm³/mol. The van der Waals surface area contributed by atoms with Crippen molar-refractivity contribution in [1.82, 2.24) is 10.2 Å². The smallest absolute Gasteiger partial charge is 0.243 e. The van der Waals surface area contributed by atoms with Crippen molar-refractivity contribution in [3.63, 3.8) is 0 Å². The number of amides is 2. The van der Waals surface area contributed by atoms with E-state index in [0.29, 0.717) is 29.3 Å². The highest BCUT2D eigenvalue weighted by Gasteiger charge is 2.30. The van der Waals surface area contributed by atoms with Crippen molar-refractivity contribution in [3.8, 4) is 0 Å². The monoisotopic (exact) mass is 510 g/mol. The van der Waals surface area contributed by atoms with Gasteiger partial charge in [0.1, 0.15) is 6.04 Å². The van der Waals surface area contributed by atoms with Crippen LogP contribution >= 0.6 is 23.2 Å². The Labute approximate surface area is 218 Å². The minimum absolute atomic E-state index is 0.00650. The number of rotatable bonds is 11. The molecule has 3 aromatic carbocycles. The van der Waals surface area contributed by atoms with Crippen molar-refractivity contribution in [1.29, 1.82) is 0 Å². The van der Waals surface area contributed by atoms with Gasteiger partial charge in [-0.3, -0.25) is 9.59 Å². The van der Waals surface area contributed by atoms with Crippen LogP contribution < -0.4 is 5.32 Å². The quantitative estimate of drug-likeness (QED) is 0.320. The van der Waals surface area contributed by atoms with E-state index in [1.165, 1.54) is 0 Å². The molecule has 6 heteroatoms. The van der Waals surface area contributed by atoms with Crippen LogP contribution in [0.15, 0.2) is 78.9 Å². The topological polar surface area (TPSA) is 49.4 Å². The van der Waals surface area contributed by atoms with Gasteiger partial charge in [-0.25, -0.2) is 0 Å². The maximum absolute atomic E-state index is 13.7. The lowest BCUT2D eigenvalue weighted by molar-refractivity contribution is -0.141. The molecule has 0 aliphatic carbocycles. The van der Waals surface area contributed by atoms with E-state index >= 15 is 0 Å². The molecule has 0 unspecified atom stereocenters. The van der Waals surface area contributed by atoms with E-state index in [9.17, 15) is 9.59 Å². The van der Waals surface area contributed by atoms with Gasteiger partial charge >= 0.3 is 0 Å². The maximum Gasteiger partial charge on any atom is 0.243 e. The molecule has 0 fully saturated rings. The Morgan fingerprint density at radius 3 is 2.09 bits per heavy atom. The number of carbonyl (C=O) groups excluding carboxylic acids is 2. The molecular weight excluding hydrogens is 479 g/mol. The first kappa shape index (κ1) is 26.8. The molecule has 2 atom stereocenters. The van der Waals surface area contributed by atoms with Crippen LogP contribution in [0.3, 0.4) is 0 Å². The third-order valence-electron chi connectivity index (χ3n) is 6.08. The number of hydrogen-bond acceptors (Lipinski definition) is 2. The molecule has 0 aromatic heterocycles. The third-order valence-corrected chi connectivity index (χ3v) is 6.82. The van der Waals surface area contributed by atoms with Gasteiger partial charge in [0.15, 0.2) is 0 Å². The fourth-order valence-corrected chi connectivity index (χ4v) is 4.19. The van der Waals surface area contributed by atoms with Crippen LogP contribution in [-0.4, -0.2) is 28.8 Å². The largest absolute Gasteiger partial charge is 0.352 e. The summed E-state index contributed by atoms with van der Waals surface area (Å²) in [5.74, 6) is -0.239. The first-order valence-corrected chi connectivity index (χ1v) is 12.7. The van der Waals surface area contributed by atoms with Gasteiger partial charge in [-0.1, -0.05) is 96.9 Å². The molecule has 0 bridgehead atoms. The molecule has 0 saturated heterocycles. The fourth-order valence-electron chi connectivity index (χ4n) is 3.87. The molecular formula is C29H32Cl2N2O2. The highest BCUT2D eigenvalue weighted by atomic mass is 35.5. The summed E-state index contributed by atoms with van der Waals surface area (Å²) in [5.41, 5.74) is 2.90. The second-order valence-corrected chi connectivity index (χ2v) is 9.59. The van der Waals surface area contributed by atoms with Gasteiger partial charge in [0.2, 0.25) is 11.8 Å². The van der Waals surface area contributed by atoms with E-state index in [1.807, 2.05) is 80.6 Å². The molecule has 0 radical (unpaired) electrons. The molecule has 4 nitrogen and oxygen atoms in total. The number of aryl methyl sites for hydroxylation is 1. The zero-order chi connectivity index (χ0) is 25.2. The van der Waals surface area contributed by atoms with Crippen molar-refractivity contribution >= 4 is 35.0 Å². The first-order valence-electron chi connectivity index (χ1n) is 12.0. The maximum atomic E-state index is 13.7. The van der Waals surface area contributed by atoms with Crippen molar-refractivity contribution in [3.05, 3.63) is 106 Å². The summed E-state index contributed by atoms with van der Waals surface area (Å²) in [5, 5.41) is 3.96. The zero-order valence-corrected chi connectivity index (χ0v) is 21.7. The van der Waals surface area contributed by atoms with Crippen molar-refractivity contribution in [2.24, 2.45) is 0 Å². The Hall–Kier alpha value is -2.82. The molecule has 2 amide bonds. The average molecular weight is 511 g/mol. The van der Waals surface area contributed by atoms with Gasteiger partial charge in [0, 0.05) is 25.4 Å². The van der Waals surface area contributed by atoms with Gasteiger partial charge < -0.3 is 10.2 Å². The molecule has 35 heavy (non-hydrogen) atoms. The van der Waals surface area contributed by atoms with Crippen molar-refractivity contribution in [2.75, 3.05) is 0 Å². The van der Waals surface area contributed by atoms with E-state index in [4.69, 9.17) is 23.2 Å². The van der Waals surface area contributed by atoms with Crippen LogP contribution in [0.1, 0.15) is 43.4 Å². The van der Waals surface area contributed by atoms with Gasteiger partial charge in [0.05, 0.1) is 10.0 Å². The molecule has 184 valence electrons. The Kier molecular flexibility index (Phi) is 10.2. The van der Waals surface area contributed by atoms with Gasteiger partial charge in [-0.05, 0) is 48.6 Å². The standard InChI is InChI=1S/C29H32Cl2N2O2/c1-3-21(2)32-29(35)27(19-23-12-8-5-9-13-23)33(20-24-14-16-25(30)26(31)18-24)28(34)17-15-22-10-6-4-7-11-22/h4-14,16,18,21,27H,3,15,17,19-20H2,1-2H3,(H,32,35)/t21-,27+/m0/s1. The minimum atomic E-state index is -0.663. The second-order valence-electron chi connectivity index (χ2n) is 8.78. The lowest BCUT2D eigenvalue weighted by Gasteiger charge is -2.32. The second kappa shape index (κ2) is 13.3. The summed E-state index contributed by atoms with van der Waals surface area (Å²) in [6.45, 7) is 4.25. The van der Waals surface area contributed by atoms with Gasteiger partial charge in [-0.2, -0.15) is 0 Å². The lowest BCUT2D eigenvalue weighted by atomic mass is 10.0. The van der Waals surface area contributed by atoms with Crippen molar-refractivity contribution < 1.29 is 9.59 Å². The number of benzene rings is 3. The Morgan fingerprint density at radius 2 is 1.49 bits per heavy atom. The van der Waals surface area contributed by atoms with Crippen LogP contribution in [0.25, 0.3) is 0 Å². The summed E-state index contributed by atoms with van der Waals surface area (Å²) >= 11 is 12.4. The molecule has 0 spiro atoms. The highest BCUT2D eigenvalue weighted by molar-refractivity contribution is 6.42. The normalized spacial score (nSPS) is 12.6. The summed E-state index contributed by atoms with van der Waals surface area (Å²) in [7, 11) is 0. The highest BCUT2D eigenvalue weighted by Crippen LogP contribution is 2.25. The van der Waals surface area contributed by atoms with E-state index in [-0.39, 0.29) is 24.4 Å². The van der Waals surface area contributed by atoms with Crippen LogP contribution in [0.4, 0.5) is 0 Å². The fraction of sp³-hybridized carbons (Fsp3) is 0.310. The summed E-state index contributed by atoms with van der Waals surface area (Å²) < 4.78 is 0. The Morgan fingerprint density at radius 1 is 0.857 bits per heavy atom. The molecule has 1 N–H and O–H groups in total. The Bertz CT molecular complexity index is 1110. The number of hydrogen-bond donors (Lipinski definition) is 1. The number of carbonyl (C=O) groups is 2. The summed E-state index contributed by atoms with van der Waals surface area (Å²) in [6.07, 6.45) is 2.12. The third kappa shape index (κ3) is 8.12.